The highest BCUT2D eigenvalue weighted by molar-refractivity contribution is 6.39. The number of hydrogen-bond acceptors (Lipinski definition) is 4. The van der Waals surface area contributed by atoms with E-state index in [2.05, 4.69) is 25.3 Å². The monoisotopic (exact) mass is 394 g/mol. The van der Waals surface area contributed by atoms with E-state index in [1.165, 1.54) is 6.08 Å². The topological polar surface area (TPSA) is 92.0 Å². The summed E-state index contributed by atoms with van der Waals surface area (Å²) >= 11 is 18.4. The molecular formula is C16H13Cl3N6. The fraction of sp³-hybridized carbons (Fsp3) is 0.0625. The lowest BCUT2D eigenvalue weighted by molar-refractivity contribution is 1.07. The number of aliphatic imine (C=N–C) groups is 1. The molecule has 25 heavy (non-hydrogen) atoms. The third-order valence-corrected chi connectivity index (χ3v) is 4.26. The molecule has 3 rings (SSSR count). The zero-order valence-electron chi connectivity index (χ0n) is 13.0. The Bertz CT molecular complexity index is 972. The van der Waals surface area contributed by atoms with E-state index in [1.54, 1.807) is 37.5 Å². The Morgan fingerprint density at radius 1 is 1.28 bits per heavy atom. The number of amidine groups is 1. The lowest BCUT2D eigenvalue weighted by atomic mass is 10.2. The maximum absolute atomic E-state index is 6.25. The van der Waals surface area contributed by atoms with Gasteiger partial charge < -0.3 is 16.0 Å². The first kappa shape index (κ1) is 17.5. The summed E-state index contributed by atoms with van der Waals surface area (Å²) < 4.78 is 0. The third-order valence-electron chi connectivity index (χ3n) is 3.33. The molecule has 9 heteroatoms. The first-order chi connectivity index (χ1) is 12.0. The number of halogens is 3. The second kappa shape index (κ2) is 7.31. The molecule has 6 nitrogen and oxygen atoms in total. The van der Waals surface area contributed by atoms with Gasteiger partial charge >= 0.3 is 0 Å². The van der Waals surface area contributed by atoms with Gasteiger partial charge in [0.2, 0.25) is 0 Å². The molecule has 0 aliphatic rings. The number of aromatic amines is 1. The quantitative estimate of drug-likeness (QED) is 0.350. The number of rotatable bonds is 4. The number of imidazole rings is 1. The number of H-pyrrole nitrogens is 1. The van der Waals surface area contributed by atoms with Crippen molar-refractivity contribution in [1.82, 2.24) is 20.3 Å². The summed E-state index contributed by atoms with van der Waals surface area (Å²) in [6.45, 7) is 0. The van der Waals surface area contributed by atoms with Crippen molar-refractivity contribution in [1.29, 1.82) is 0 Å². The zero-order valence-corrected chi connectivity index (χ0v) is 15.3. The molecule has 0 radical (unpaired) electrons. The highest BCUT2D eigenvalue weighted by Gasteiger charge is 2.15. The number of pyridine rings is 1. The van der Waals surface area contributed by atoms with Gasteiger partial charge in [0.1, 0.15) is 22.3 Å². The minimum Gasteiger partial charge on any atom is -0.384 e. The molecule has 0 amide bonds. The van der Waals surface area contributed by atoms with Gasteiger partial charge in [-0.25, -0.2) is 15.0 Å². The van der Waals surface area contributed by atoms with Crippen molar-refractivity contribution in [3.63, 3.8) is 0 Å². The molecule has 0 saturated carbocycles. The number of aromatic nitrogens is 3. The molecule has 1 aromatic carbocycles. The standard InChI is InChI=1S/C16H13Cl3N6/c1-21-11(19)7-12(20)24-16-14-10(5-6-22-16)23-15(25-14)13-8(17)3-2-4-9(13)18/h2-7,21H,1H3,(H,23,25)(H2,20,22,24)/b11-7-. The summed E-state index contributed by atoms with van der Waals surface area (Å²) in [7, 11) is 1.68. The third kappa shape index (κ3) is 3.71. The number of benzene rings is 1. The van der Waals surface area contributed by atoms with E-state index < -0.39 is 0 Å². The molecule has 3 aromatic rings. The predicted molar refractivity (Wildman–Crippen MR) is 104 cm³/mol. The maximum atomic E-state index is 6.25. The van der Waals surface area contributed by atoms with Crippen molar-refractivity contribution in [2.45, 2.75) is 0 Å². The first-order valence-electron chi connectivity index (χ1n) is 7.18. The van der Waals surface area contributed by atoms with E-state index in [9.17, 15) is 0 Å². The molecule has 0 spiro atoms. The Balaban J connectivity index is 2.12. The van der Waals surface area contributed by atoms with E-state index in [1.807, 2.05) is 0 Å². The van der Waals surface area contributed by atoms with Crippen LogP contribution in [0.1, 0.15) is 0 Å². The van der Waals surface area contributed by atoms with Crippen molar-refractivity contribution >= 4 is 57.5 Å². The zero-order chi connectivity index (χ0) is 18.0. The molecule has 2 aromatic heterocycles. The number of nitrogens with one attached hydrogen (secondary N) is 2. The fourth-order valence-corrected chi connectivity index (χ4v) is 2.89. The van der Waals surface area contributed by atoms with Crippen LogP contribution in [0.2, 0.25) is 10.0 Å². The highest BCUT2D eigenvalue weighted by atomic mass is 35.5. The average Bonchev–Trinajstić information content (AvgIpc) is 2.99. The van der Waals surface area contributed by atoms with Crippen LogP contribution in [0.5, 0.6) is 0 Å². The predicted octanol–water partition coefficient (Wildman–Crippen LogP) is 4.22. The van der Waals surface area contributed by atoms with Gasteiger partial charge in [0.15, 0.2) is 5.82 Å². The summed E-state index contributed by atoms with van der Waals surface area (Å²) in [5.74, 6) is 1.08. The van der Waals surface area contributed by atoms with E-state index >= 15 is 0 Å². The largest absolute Gasteiger partial charge is 0.384 e. The van der Waals surface area contributed by atoms with Crippen LogP contribution in [0.4, 0.5) is 5.82 Å². The summed E-state index contributed by atoms with van der Waals surface area (Å²) in [6.07, 6.45) is 3.09. The Morgan fingerprint density at radius 2 is 2.00 bits per heavy atom. The van der Waals surface area contributed by atoms with Crippen LogP contribution in [-0.4, -0.2) is 27.8 Å². The summed E-state index contributed by atoms with van der Waals surface area (Å²) in [6, 6.07) is 7.04. The second-order valence-corrected chi connectivity index (χ2v) is 6.21. The molecule has 0 bridgehead atoms. The first-order valence-corrected chi connectivity index (χ1v) is 8.31. The van der Waals surface area contributed by atoms with Gasteiger partial charge in [0.25, 0.3) is 0 Å². The van der Waals surface area contributed by atoms with Crippen molar-refractivity contribution in [3.05, 3.63) is 51.7 Å². The SMILES string of the molecule is CN/C(Cl)=C\C(N)=Nc1nccc2[nH]c(-c3c(Cl)cccc3Cl)nc12. The molecular weight excluding hydrogens is 383 g/mol. The van der Waals surface area contributed by atoms with Gasteiger partial charge in [-0.05, 0) is 18.2 Å². The highest BCUT2D eigenvalue weighted by Crippen LogP contribution is 2.34. The van der Waals surface area contributed by atoms with E-state index in [-0.39, 0.29) is 5.84 Å². The molecule has 0 fully saturated rings. The van der Waals surface area contributed by atoms with Crippen molar-refractivity contribution < 1.29 is 0 Å². The molecule has 0 atom stereocenters. The van der Waals surface area contributed by atoms with Gasteiger partial charge in [0.05, 0.1) is 21.1 Å². The molecule has 0 saturated heterocycles. The van der Waals surface area contributed by atoms with Crippen molar-refractivity contribution in [2.75, 3.05) is 7.05 Å². The average molecular weight is 396 g/mol. The molecule has 0 aliphatic heterocycles. The van der Waals surface area contributed by atoms with Crippen LogP contribution in [-0.2, 0) is 0 Å². The minimum atomic E-state index is 0.194. The summed E-state index contributed by atoms with van der Waals surface area (Å²) in [5, 5.41) is 4.10. The number of hydrogen-bond donors (Lipinski definition) is 3. The molecule has 4 N–H and O–H groups in total. The summed E-state index contributed by atoms with van der Waals surface area (Å²) in [5.41, 5.74) is 7.76. The lowest BCUT2D eigenvalue weighted by Crippen LogP contribution is -2.11. The van der Waals surface area contributed by atoms with E-state index in [4.69, 9.17) is 40.5 Å². The van der Waals surface area contributed by atoms with Crippen molar-refractivity contribution in [2.24, 2.45) is 10.7 Å². The minimum absolute atomic E-state index is 0.194. The van der Waals surface area contributed by atoms with Crippen LogP contribution in [0.25, 0.3) is 22.4 Å². The van der Waals surface area contributed by atoms with E-state index in [0.717, 1.165) is 5.52 Å². The number of fused-ring (bicyclic) bond motifs is 1. The fourth-order valence-electron chi connectivity index (χ4n) is 2.20. The van der Waals surface area contributed by atoms with Gasteiger partial charge in [-0.2, -0.15) is 0 Å². The molecule has 0 aliphatic carbocycles. The number of nitrogens with two attached hydrogens (primary N) is 1. The van der Waals surface area contributed by atoms with Gasteiger partial charge in [-0.1, -0.05) is 40.9 Å². The number of nitrogens with zero attached hydrogens (tertiary/aromatic N) is 3. The van der Waals surface area contributed by atoms with Gasteiger partial charge in [-0.15, -0.1) is 0 Å². The molecule has 128 valence electrons. The maximum Gasteiger partial charge on any atom is 0.182 e. The molecule has 0 unspecified atom stereocenters. The van der Waals surface area contributed by atoms with Crippen LogP contribution in [0.15, 0.2) is 46.7 Å². The summed E-state index contributed by atoms with van der Waals surface area (Å²) in [4.78, 5) is 16.2. The van der Waals surface area contributed by atoms with Gasteiger partial charge in [-0.3, -0.25) is 0 Å². The van der Waals surface area contributed by atoms with Crippen LogP contribution in [0.3, 0.4) is 0 Å². The van der Waals surface area contributed by atoms with Gasteiger partial charge in [0, 0.05) is 19.3 Å². The van der Waals surface area contributed by atoms with Crippen LogP contribution >= 0.6 is 34.8 Å². The normalized spacial score (nSPS) is 12.6. The lowest BCUT2D eigenvalue weighted by Gasteiger charge is -2.02. The molecule has 2 heterocycles. The Kier molecular flexibility index (Phi) is 5.13. The smallest absolute Gasteiger partial charge is 0.182 e. The van der Waals surface area contributed by atoms with Crippen LogP contribution < -0.4 is 11.1 Å². The second-order valence-electron chi connectivity index (χ2n) is 4.99. The van der Waals surface area contributed by atoms with E-state index in [0.29, 0.717) is 37.9 Å². The Labute approximate surface area is 158 Å². The van der Waals surface area contributed by atoms with Crippen molar-refractivity contribution in [3.8, 4) is 11.4 Å². The van der Waals surface area contributed by atoms with Crippen LogP contribution in [0, 0.1) is 0 Å². The Hall–Kier alpha value is -2.28. The Morgan fingerprint density at radius 3 is 2.68 bits per heavy atom.